The van der Waals surface area contributed by atoms with Gasteiger partial charge in [0.25, 0.3) is 0 Å². The lowest BCUT2D eigenvalue weighted by Gasteiger charge is -2.21. The molecule has 1 aliphatic carbocycles. The van der Waals surface area contributed by atoms with Crippen LogP contribution < -0.4 is 10.4 Å². The Morgan fingerprint density at radius 3 is 1.07 bits per heavy atom. The van der Waals surface area contributed by atoms with Gasteiger partial charge >= 0.3 is 0 Å². The first-order chi connectivity index (χ1) is 28.8. The van der Waals surface area contributed by atoms with Gasteiger partial charge in [-0.25, -0.2) is 0 Å². The van der Waals surface area contributed by atoms with Gasteiger partial charge in [-0.2, -0.15) is 0 Å². The van der Waals surface area contributed by atoms with Gasteiger partial charge in [0.1, 0.15) is 0 Å². The van der Waals surface area contributed by atoms with Gasteiger partial charge in [0, 0.05) is 0 Å². The van der Waals surface area contributed by atoms with Crippen molar-refractivity contribution in [3.63, 3.8) is 0 Å². The number of rotatable bonds is 4. The summed E-state index contributed by atoms with van der Waals surface area (Å²) in [4.78, 5) is 0. The lowest BCUT2D eigenvalue weighted by molar-refractivity contribution is 1.12. The number of hydrogen-bond acceptors (Lipinski definition) is 0. The SMILES string of the molecule is C1=c2ccc(-c3c4ccccc4c(-c4ccc5c(-c6ccc7ccccc7c6)c6ccccc6c(-c6ccc7ccccc7c6)c5c4)c4ccccc34)cc2=CCC1. The maximum Gasteiger partial charge on any atom is -0.00259 e. The van der Waals surface area contributed by atoms with Crippen LogP contribution in [-0.4, -0.2) is 0 Å². The van der Waals surface area contributed by atoms with Gasteiger partial charge in [0.2, 0.25) is 0 Å². The maximum absolute atomic E-state index is 2.49. The van der Waals surface area contributed by atoms with Crippen LogP contribution in [0.3, 0.4) is 0 Å². The minimum atomic E-state index is 1.10. The van der Waals surface area contributed by atoms with Gasteiger partial charge < -0.3 is 0 Å². The number of hydrogen-bond donors (Lipinski definition) is 0. The molecule has 11 aromatic carbocycles. The molecule has 0 fully saturated rings. The van der Waals surface area contributed by atoms with E-state index in [2.05, 4.69) is 206 Å². The van der Waals surface area contributed by atoms with Crippen molar-refractivity contribution in [2.75, 3.05) is 0 Å². The number of benzene rings is 11. The molecular weight excluding hydrogens is 697 g/mol. The van der Waals surface area contributed by atoms with Crippen molar-refractivity contribution in [2.24, 2.45) is 0 Å². The molecule has 58 heavy (non-hydrogen) atoms. The molecule has 1 aliphatic rings. The molecule has 0 nitrogen and oxygen atoms in total. The topological polar surface area (TPSA) is 0 Å². The van der Waals surface area contributed by atoms with Gasteiger partial charge in [0.05, 0.1) is 0 Å². The molecule has 0 aliphatic heterocycles. The molecule has 0 aromatic heterocycles. The third-order valence-corrected chi connectivity index (χ3v) is 12.6. The molecule has 0 saturated carbocycles. The molecule has 0 heteroatoms. The summed E-state index contributed by atoms with van der Waals surface area (Å²) in [7, 11) is 0. The zero-order valence-electron chi connectivity index (χ0n) is 32.0. The second-order valence-electron chi connectivity index (χ2n) is 15.9. The molecule has 0 amide bonds. The van der Waals surface area contributed by atoms with Gasteiger partial charge in [-0.1, -0.05) is 182 Å². The molecule has 0 spiro atoms. The minimum absolute atomic E-state index is 1.10. The summed E-state index contributed by atoms with van der Waals surface area (Å²) in [5.74, 6) is 0. The average molecular weight is 735 g/mol. The van der Waals surface area contributed by atoms with Gasteiger partial charge in [-0.3, -0.25) is 0 Å². The van der Waals surface area contributed by atoms with E-state index < -0.39 is 0 Å². The fourth-order valence-electron chi connectivity index (χ4n) is 9.97. The van der Waals surface area contributed by atoms with E-state index in [9.17, 15) is 0 Å². The third kappa shape index (κ3) is 5.15. The summed E-state index contributed by atoms with van der Waals surface area (Å²) in [6.07, 6.45) is 6.98. The van der Waals surface area contributed by atoms with Crippen molar-refractivity contribution in [1.82, 2.24) is 0 Å². The quantitative estimate of drug-likeness (QED) is 0.158. The standard InChI is InChI=1S/C58H38/c1-4-16-40-33-43(28-25-37(40)13-1)55-47-19-7-9-21-49(47)57(50-22-10-8-20-48(50)55)46-31-32-53-54(36-46)58(45-30-27-39-15-3-6-18-42(39)35-45)52-24-12-11-23-51(52)56(53)44-29-26-38-14-2-5-17-41(38)34-44/h2-3,5-36H,1,4H2. The first-order valence-electron chi connectivity index (χ1n) is 20.5. The lowest BCUT2D eigenvalue weighted by atomic mass is 9.82. The van der Waals surface area contributed by atoms with Crippen LogP contribution in [0.25, 0.3) is 121 Å². The zero-order valence-corrected chi connectivity index (χ0v) is 32.0. The van der Waals surface area contributed by atoms with Crippen molar-refractivity contribution in [2.45, 2.75) is 12.8 Å². The maximum atomic E-state index is 2.49. The Balaban J connectivity index is 1.19. The van der Waals surface area contributed by atoms with E-state index in [-0.39, 0.29) is 0 Å². The van der Waals surface area contributed by atoms with E-state index in [1.165, 1.54) is 120 Å². The van der Waals surface area contributed by atoms with Crippen LogP contribution in [0.5, 0.6) is 0 Å². The third-order valence-electron chi connectivity index (χ3n) is 12.6. The van der Waals surface area contributed by atoms with E-state index in [4.69, 9.17) is 0 Å². The molecular formula is C58H38. The molecule has 11 aromatic rings. The first-order valence-corrected chi connectivity index (χ1v) is 20.5. The monoisotopic (exact) mass is 734 g/mol. The summed E-state index contributed by atoms with van der Waals surface area (Å²) >= 11 is 0. The molecule has 0 saturated heterocycles. The van der Waals surface area contributed by atoms with Gasteiger partial charge in [-0.05, 0) is 157 Å². The second kappa shape index (κ2) is 13.2. The Morgan fingerprint density at radius 1 is 0.224 bits per heavy atom. The van der Waals surface area contributed by atoms with E-state index in [1.54, 1.807) is 0 Å². The van der Waals surface area contributed by atoms with Crippen molar-refractivity contribution >= 4 is 76.8 Å². The van der Waals surface area contributed by atoms with Crippen molar-refractivity contribution < 1.29 is 0 Å². The fourth-order valence-corrected chi connectivity index (χ4v) is 9.97. The van der Waals surface area contributed by atoms with Crippen LogP contribution in [0, 0.1) is 0 Å². The molecule has 12 rings (SSSR count). The smallest absolute Gasteiger partial charge is 0.00259 e. The predicted molar refractivity (Wildman–Crippen MR) is 251 cm³/mol. The molecule has 0 heterocycles. The number of fused-ring (bicyclic) bond motifs is 7. The molecule has 0 bridgehead atoms. The van der Waals surface area contributed by atoms with Gasteiger partial charge in [-0.15, -0.1) is 0 Å². The highest BCUT2D eigenvalue weighted by atomic mass is 14.2. The highest BCUT2D eigenvalue weighted by Gasteiger charge is 2.21. The Morgan fingerprint density at radius 2 is 0.569 bits per heavy atom. The zero-order chi connectivity index (χ0) is 38.2. The normalized spacial score (nSPS) is 12.6. The minimum Gasteiger partial charge on any atom is -0.0764 e. The van der Waals surface area contributed by atoms with E-state index in [0.717, 1.165) is 12.8 Å². The van der Waals surface area contributed by atoms with Crippen LogP contribution in [0.1, 0.15) is 12.8 Å². The lowest BCUT2D eigenvalue weighted by Crippen LogP contribution is -2.26. The first kappa shape index (κ1) is 32.9. The van der Waals surface area contributed by atoms with Crippen molar-refractivity contribution in [3.05, 3.63) is 205 Å². The van der Waals surface area contributed by atoms with Crippen LogP contribution >= 0.6 is 0 Å². The van der Waals surface area contributed by atoms with Crippen LogP contribution in [0.15, 0.2) is 194 Å². The van der Waals surface area contributed by atoms with Crippen molar-refractivity contribution in [1.29, 1.82) is 0 Å². The molecule has 0 N–H and O–H groups in total. The second-order valence-corrected chi connectivity index (χ2v) is 15.9. The highest BCUT2D eigenvalue weighted by Crippen LogP contribution is 2.48. The molecule has 0 radical (unpaired) electrons. The summed E-state index contributed by atoms with van der Waals surface area (Å²) in [6, 6.07) is 72.8. The highest BCUT2D eigenvalue weighted by molar-refractivity contribution is 6.25. The van der Waals surface area contributed by atoms with Gasteiger partial charge in [0.15, 0.2) is 0 Å². The summed E-state index contributed by atoms with van der Waals surface area (Å²) in [5, 5.41) is 17.8. The fraction of sp³-hybridized carbons (Fsp3) is 0.0345. The van der Waals surface area contributed by atoms with Crippen LogP contribution in [0.2, 0.25) is 0 Å². The Labute approximate surface area is 337 Å². The summed E-state index contributed by atoms with van der Waals surface area (Å²) in [5.41, 5.74) is 10.1. The van der Waals surface area contributed by atoms with Crippen LogP contribution in [-0.2, 0) is 0 Å². The average Bonchev–Trinajstić information content (AvgIpc) is 3.29. The molecule has 0 atom stereocenters. The molecule has 0 unspecified atom stereocenters. The Kier molecular flexibility index (Phi) is 7.46. The Hall–Kier alpha value is -7.28. The summed E-state index contributed by atoms with van der Waals surface area (Å²) < 4.78 is 0. The molecule has 270 valence electrons. The van der Waals surface area contributed by atoms with Crippen LogP contribution in [0.4, 0.5) is 0 Å². The Bertz CT molecular complexity index is 3570. The van der Waals surface area contributed by atoms with E-state index >= 15 is 0 Å². The summed E-state index contributed by atoms with van der Waals surface area (Å²) in [6.45, 7) is 0. The largest absolute Gasteiger partial charge is 0.0764 e. The van der Waals surface area contributed by atoms with Crippen molar-refractivity contribution in [3.8, 4) is 44.5 Å². The van der Waals surface area contributed by atoms with E-state index in [1.807, 2.05) is 0 Å². The van der Waals surface area contributed by atoms with E-state index in [0.29, 0.717) is 0 Å². The predicted octanol–water partition coefficient (Wildman–Crippen LogP) is 14.6.